The fourth-order valence-electron chi connectivity index (χ4n) is 3.05. The molecule has 6 nitrogen and oxygen atoms in total. The van der Waals surface area contributed by atoms with Gasteiger partial charge in [0.25, 0.3) is 5.56 Å². The van der Waals surface area contributed by atoms with E-state index >= 15 is 0 Å². The average Bonchev–Trinajstić information content (AvgIpc) is 2.81. The fraction of sp³-hybridized carbons (Fsp3) is 0.0800. The first-order chi connectivity index (χ1) is 15.6. The summed E-state index contributed by atoms with van der Waals surface area (Å²) in [5.74, 6) is -0.0801. The zero-order valence-electron chi connectivity index (χ0n) is 17.1. The molecule has 0 fully saturated rings. The van der Waals surface area contributed by atoms with Crippen molar-refractivity contribution in [2.75, 3.05) is 5.32 Å². The molecule has 160 valence electrons. The highest BCUT2D eigenvalue weighted by molar-refractivity contribution is 5.90. The Kier molecular flexibility index (Phi) is 6.36. The maximum Gasteiger partial charge on any atom is 0.267 e. The number of rotatable bonds is 7. The van der Waals surface area contributed by atoms with Crippen LogP contribution < -0.4 is 15.6 Å². The molecule has 4 aromatic rings. The third-order valence-corrected chi connectivity index (χ3v) is 4.69. The summed E-state index contributed by atoms with van der Waals surface area (Å²) in [5, 5.41) is 6.96. The molecule has 32 heavy (non-hydrogen) atoms. The summed E-state index contributed by atoms with van der Waals surface area (Å²) >= 11 is 0. The van der Waals surface area contributed by atoms with Crippen LogP contribution in [0, 0.1) is 5.82 Å². The number of amides is 1. The van der Waals surface area contributed by atoms with Crippen molar-refractivity contribution in [3.63, 3.8) is 0 Å². The first-order valence-electron chi connectivity index (χ1n) is 9.97. The summed E-state index contributed by atoms with van der Waals surface area (Å²) in [4.78, 5) is 24.6. The van der Waals surface area contributed by atoms with Crippen LogP contribution in [0.5, 0.6) is 5.75 Å². The number of benzene rings is 3. The maximum atomic E-state index is 13.1. The molecule has 3 aromatic carbocycles. The van der Waals surface area contributed by atoms with Gasteiger partial charge >= 0.3 is 0 Å². The smallest absolute Gasteiger partial charge is 0.267 e. The van der Waals surface area contributed by atoms with Crippen LogP contribution in [-0.4, -0.2) is 15.7 Å². The SMILES string of the molecule is O=C(Cn1nc(-c2ccc(F)cc2)ccc1=O)Nc1ccc(OCc2ccccc2)cc1. The molecular formula is C25H20FN3O3. The van der Waals surface area contributed by atoms with Crippen molar-refractivity contribution < 1.29 is 13.9 Å². The lowest BCUT2D eigenvalue weighted by Gasteiger charge is -2.10. The Balaban J connectivity index is 1.37. The Hall–Kier alpha value is -4.26. The van der Waals surface area contributed by atoms with Gasteiger partial charge in [-0.25, -0.2) is 9.07 Å². The fourth-order valence-corrected chi connectivity index (χ4v) is 3.05. The molecule has 0 aliphatic carbocycles. The lowest BCUT2D eigenvalue weighted by Crippen LogP contribution is -2.29. The number of ether oxygens (including phenoxy) is 1. The molecule has 0 saturated heterocycles. The van der Waals surface area contributed by atoms with Gasteiger partial charge in [0.2, 0.25) is 5.91 Å². The molecule has 1 amide bonds. The highest BCUT2D eigenvalue weighted by Crippen LogP contribution is 2.18. The summed E-state index contributed by atoms with van der Waals surface area (Å²) in [6.07, 6.45) is 0. The molecule has 0 spiro atoms. The highest BCUT2D eigenvalue weighted by Gasteiger charge is 2.09. The van der Waals surface area contributed by atoms with E-state index in [9.17, 15) is 14.0 Å². The first kappa shape index (κ1) is 21.0. The standard InChI is InChI=1S/C25H20FN3O3/c26-20-8-6-19(7-9-20)23-14-15-25(31)29(28-23)16-24(30)27-21-10-12-22(13-11-21)32-17-18-4-2-1-3-5-18/h1-15H,16-17H2,(H,27,30). The molecular weight excluding hydrogens is 409 g/mol. The Morgan fingerprint density at radius 3 is 2.34 bits per heavy atom. The Labute approximate surface area is 183 Å². The molecule has 0 atom stereocenters. The monoisotopic (exact) mass is 429 g/mol. The highest BCUT2D eigenvalue weighted by atomic mass is 19.1. The van der Waals surface area contributed by atoms with E-state index in [0.717, 1.165) is 10.2 Å². The van der Waals surface area contributed by atoms with E-state index in [1.165, 1.54) is 24.3 Å². The van der Waals surface area contributed by atoms with Gasteiger partial charge in [-0.05, 0) is 60.2 Å². The lowest BCUT2D eigenvalue weighted by atomic mass is 10.1. The van der Waals surface area contributed by atoms with Crippen molar-refractivity contribution >= 4 is 11.6 Å². The number of hydrogen-bond donors (Lipinski definition) is 1. The molecule has 0 unspecified atom stereocenters. The summed E-state index contributed by atoms with van der Waals surface area (Å²) in [6.45, 7) is 0.200. The van der Waals surface area contributed by atoms with Crippen molar-refractivity contribution in [1.29, 1.82) is 0 Å². The minimum atomic E-state index is -0.407. The second-order valence-electron chi connectivity index (χ2n) is 7.07. The number of nitrogens with zero attached hydrogens (tertiary/aromatic N) is 2. The van der Waals surface area contributed by atoms with Gasteiger partial charge in [0.05, 0.1) is 5.69 Å². The van der Waals surface area contributed by atoms with Crippen molar-refractivity contribution in [3.8, 4) is 17.0 Å². The van der Waals surface area contributed by atoms with Crippen molar-refractivity contribution in [3.05, 3.63) is 113 Å². The topological polar surface area (TPSA) is 73.2 Å². The summed E-state index contributed by atoms with van der Waals surface area (Å²) < 4.78 is 19.9. The van der Waals surface area contributed by atoms with Crippen LogP contribution in [0.3, 0.4) is 0 Å². The largest absolute Gasteiger partial charge is 0.489 e. The Morgan fingerprint density at radius 2 is 1.62 bits per heavy atom. The van der Waals surface area contributed by atoms with E-state index in [4.69, 9.17) is 4.74 Å². The molecule has 0 radical (unpaired) electrons. The van der Waals surface area contributed by atoms with E-state index in [1.54, 1.807) is 36.4 Å². The normalized spacial score (nSPS) is 10.5. The molecule has 0 saturated carbocycles. The predicted octanol–water partition coefficient (Wildman–Crippen LogP) is 4.27. The number of carbonyl (C=O) groups excluding carboxylic acids is 1. The molecule has 7 heteroatoms. The minimum Gasteiger partial charge on any atom is -0.489 e. The number of nitrogens with one attached hydrogen (secondary N) is 1. The van der Waals surface area contributed by atoms with Crippen molar-refractivity contribution in [2.24, 2.45) is 0 Å². The molecule has 1 N–H and O–H groups in total. The van der Waals surface area contributed by atoms with E-state index in [-0.39, 0.29) is 12.4 Å². The molecule has 1 heterocycles. The molecule has 1 aromatic heterocycles. The minimum absolute atomic E-state index is 0.250. The Morgan fingerprint density at radius 1 is 0.906 bits per heavy atom. The maximum absolute atomic E-state index is 13.1. The number of halogens is 1. The van der Waals surface area contributed by atoms with Gasteiger partial charge in [0.1, 0.15) is 24.7 Å². The Bertz CT molecular complexity index is 1250. The lowest BCUT2D eigenvalue weighted by molar-refractivity contribution is -0.117. The second kappa shape index (κ2) is 9.70. The van der Waals surface area contributed by atoms with Crippen LogP contribution in [0.25, 0.3) is 11.3 Å². The van der Waals surface area contributed by atoms with Gasteiger partial charge in [0, 0.05) is 17.3 Å². The van der Waals surface area contributed by atoms with Gasteiger partial charge in [-0.15, -0.1) is 0 Å². The third-order valence-electron chi connectivity index (χ3n) is 4.69. The molecule has 0 aliphatic rings. The molecule has 4 rings (SSSR count). The average molecular weight is 429 g/mol. The van der Waals surface area contributed by atoms with Crippen LogP contribution in [0.1, 0.15) is 5.56 Å². The van der Waals surface area contributed by atoms with Crippen molar-refractivity contribution in [2.45, 2.75) is 13.2 Å². The van der Waals surface area contributed by atoms with E-state index < -0.39 is 11.5 Å². The molecule has 0 aliphatic heterocycles. The van der Waals surface area contributed by atoms with Crippen molar-refractivity contribution in [1.82, 2.24) is 9.78 Å². The van der Waals surface area contributed by atoms with E-state index in [1.807, 2.05) is 30.3 Å². The van der Waals surface area contributed by atoms with Crippen LogP contribution >= 0.6 is 0 Å². The predicted molar refractivity (Wildman–Crippen MR) is 120 cm³/mol. The van der Waals surface area contributed by atoms with Crippen LogP contribution in [0.4, 0.5) is 10.1 Å². The van der Waals surface area contributed by atoms with E-state index in [0.29, 0.717) is 29.3 Å². The second-order valence-corrected chi connectivity index (χ2v) is 7.07. The summed E-state index contributed by atoms with van der Waals surface area (Å²) in [6, 6.07) is 25.4. The number of aromatic nitrogens is 2. The summed E-state index contributed by atoms with van der Waals surface area (Å²) in [5.41, 5.74) is 2.34. The number of hydrogen-bond acceptors (Lipinski definition) is 4. The number of carbonyl (C=O) groups is 1. The zero-order chi connectivity index (χ0) is 22.3. The third kappa shape index (κ3) is 5.46. The number of anilines is 1. The summed E-state index contributed by atoms with van der Waals surface area (Å²) in [7, 11) is 0. The van der Waals surface area contributed by atoms with Gasteiger partial charge in [-0.3, -0.25) is 9.59 Å². The van der Waals surface area contributed by atoms with E-state index in [2.05, 4.69) is 10.4 Å². The molecule has 0 bridgehead atoms. The van der Waals surface area contributed by atoms with Gasteiger partial charge in [-0.2, -0.15) is 5.10 Å². The van der Waals surface area contributed by atoms with Crippen LogP contribution in [0.2, 0.25) is 0 Å². The van der Waals surface area contributed by atoms with Gasteiger partial charge in [-0.1, -0.05) is 30.3 Å². The van der Waals surface area contributed by atoms with Gasteiger partial charge < -0.3 is 10.1 Å². The van der Waals surface area contributed by atoms with Crippen LogP contribution in [-0.2, 0) is 17.9 Å². The van der Waals surface area contributed by atoms with Gasteiger partial charge in [0.15, 0.2) is 0 Å². The quantitative estimate of drug-likeness (QED) is 0.476. The van der Waals surface area contributed by atoms with Crippen LogP contribution in [0.15, 0.2) is 95.8 Å². The first-order valence-corrected chi connectivity index (χ1v) is 9.97. The zero-order valence-corrected chi connectivity index (χ0v) is 17.1.